The van der Waals surface area contributed by atoms with E-state index in [0.717, 1.165) is 24.0 Å². The first-order valence-electron chi connectivity index (χ1n) is 5.12. The van der Waals surface area contributed by atoms with Gasteiger partial charge in [0, 0.05) is 6.07 Å². The number of nitro groups is 1. The highest BCUT2D eigenvalue weighted by Crippen LogP contribution is 2.35. The molecule has 0 aliphatic rings. The number of nitriles is 1. The number of rotatable bonds is 3. The van der Waals surface area contributed by atoms with Crippen molar-refractivity contribution in [1.82, 2.24) is 4.98 Å². The molecule has 94 valence electrons. The Balaban J connectivity index is 2.39. The molecule has 0 amide bonds. The number of hydrogen-bond acceptors (Lipinski definition) is 6. The quantitative estimate of drug-likeness (QED) is 0.681. The summed E-state index contributed by atoms with van der Waals surface area (Å²) in [5.41, 5.74) is -0.138. The van der Waals surface area contributed by atoms with Crippen LogP contribution in [-0.4, -0.2) is 15.0 Å². The molecule has 7 heteroatoms. The molecule has 0 bridgehead atoms. The number of aromatic nitrogens is 1. The van der Waals surface area contributed by atoms with Gasteiger partial charge in [0.2, 0.25) is 0 Å². The van der Waals surface area contributed by atoms with Gasteiger partial charge in [-0.05, 0) is 12.1 Å². The van der Waals surface area contributed by atoms with E-state index >= 15 is 0 Å². The molecule has 1 aromatic carbocycles. The maximum absolute atomic E-state index is 10.6. The lowest BCUT2D eigenvalue weighted by Gasteiger charge is -2.04. The minimum Gasteiger partial charge on any atom is -0.507 e. The summed E-state index contributed by atoms with van der Waals surface area (Å²) in [7, 11) is 0. The second-order valence-electron chi connectivity index (χ2n) is 3.48. The van der Waals surface area contributed by atoms with Gasteiger partial charge in [-0.3, -0.25) is 10.1 Å². The molecule has 2 rings (SSSR count). The van der Waals surface area contributed by atoms with Crippen molar-refractivity contribution in [3.05, 3.63) is 52.2 Å². The van der Waals surface area contributed by atoms with Crippen LogP contribution < -0.4 is 0 Å². The summed E-state index contributed by atoms with van der Waals surface area (Å²) in [6, 6.07) is 9.62. The van der Waals surface area contributed by atoms with Gasteiger partial charge in [0.05, 0.1) is 15.4 Å². The lowest BCUT2D eigenvalue weighted by Crippen LogP contribution is -1.93. The van der Waals surface area contributed by atoms with Gasteiger partial charge in [-0.15, -0.1) is 0 Å². The Kier molecular flexibility index (Phi) is 3.63. The van der Waals surface area contributed by atoms with E-state index in [2.05, 4.69) is 4.98 Å². The fourth-order valence-electron chi connectivity index (χ4n) is 1.35. The lowest BCUT2D eigenvalue weighted by atomic mass is 10.3. The third-order valence-electron chi connectivity index (χ3n) is 2.24. The molecule has 6 nitrogen and oxygen atoms in total. The Bertz CT molecular complexity index is 682. The molecular weight excluding hydrogens is 266 g/mol. The van der Waals surface area contributed by atoms with Crippen molar-refractivity contribution in [3.63, 3.8) is 0 Å². The van der Waals surface area contributed by atoms with Crippen molar-refractivity contribution < 1.29 is 10.0 Å². The van der Waals surface area contributed by atoms with Gasteiger partial charge in [0.15, 0.2) is 0 Å². The normalized spacial score (nSPS) is 9.84. The predicted molar refractivity (Wildman–Crippen MR) is 67.8 cm³/mol. The number of pyridine rings is 1. The second kappa shape index (κ2) is 5.37. The molecule has 0 atom stereocenters. The van der Waals surface area contributed by atoms with Crippen LogP contribution in [0.1, 0.15) is 5.56 Å². The zero-order valence-electron chi connectivity index (χ0n) is 9.48. The largest absolute Gasteiger partial charge is 0.507 e. The molecule has 0 aliphatic carbocycles. The summed E-state index contributed by atoms with van der Waals surface area (Å²) in [4.78, 5) is 14.4. The van der Waals surface area contributed by atoms with Crippen LogP contribution in [0.25, 0.3) is 0 Å². The van der Waals surface area contributed by atoms with Gasteiger partial charge >= 0.3 is 0 Å². The number of phenols is 1. The smallest absolute Gasteiger partial charge is 0.288 e. The van der Waals surface area contributed by atoms with E-state index in [1.807, 2.05) is 6.07 Å². The molecule has 19 heavy (non-hydrogen) atoms. The summed E-state index contributed by atoms with van der Waals surface area (Å²) < 4.78 is 0. The van der Waals surface area contributed by atoms with E-state index in [-0.39, 0.29) is 17.0 Å². The number of aromatic hydroxyl groups is 1. The minimum atomic E-state index is -0.609. The van der Waals surface area contributed by atoms with Crippen LogP contribution in [0, 0.1) is 21.4 Å². The molecule has 0 saturated heterocycles. The molecule has 0 saturated carbocycles. The standard InChI is InChI=1S/C12H7N3O3S/c13-6-8-5-9(15(17)18)7-14-12(8)19-11-4-2-1-3-10(11)16/h1-5,7,16H. The summed E-state index contributed by atoms with van der Waals surface area (Å²) >= 11 is 1.08. The Morgan fingerprint density at radius 3 is 2.79 bits per heavy atom. The first-order valence-corrected chi connectivity index (χ1v) is 5.94. The summed E-state index contributed by atoms with van der Waals surface area (Å²) in [6.45, 7) is 0. The predicted octanol–water partition coefficient (Wildman–Crippen LogP) is 2.72. The average Bonchev–Trinajstić information content (AvgIpc) is 2.41. The topological polar surface area (TPSA) is 100 Å². The van der Waals surface area contributed by atoms with Gasteiger partial charge in [0.1, 0.15) is 23.0 Å². The molecular formula is C12H7N3O3S. The number of phenolic OH excluding ortho intramolecular Hbond substituents is 1. The fourth-order valence-corrected chi connectivity index (χ4v) is 2.20. The van der Waals surface area contributed by atoms with Crippen LogP contribution in [0.4, 0.5) is 5.69 Å². The first kappa shape index (κ1) is 12.9. The summed E-state index contributed by atoms with van der Waals surface area (Å²) in [5, 5.41) is 29.5. The van der Waals surface area contributed by atoms with Crippen molar-refractivity contribution in [2.75, 3.05) is 0 Å². The number of hydrogen-bond donors (Lipinski definition) is 1. The Labute approximate surface area is 112 Å². The molecule has 1 N–H and O–H groups in total. The van der Waals surface area contributed by atoms with Gasteiger partial charge in [-0.1, -0.05) is 23.9 Å². The van der Waals surface area contributed by atoms with Gasteiger partial charge in [-0.25, -0.2) is 4.98 Å². The molecule has 0 aliphatic heterocycles. The second-order valence-corrected chi connectivity index (χ2v) is 4.52. The lowest BCUT2D eigenvalue weighted by molar-refractivity contribution is -0.385. The van der Waals surface area contributed by atoms with Crippen molar-refractivity contribution in [2.24, 2.45) is 0 Å². The Morgan fingerprint density at radius 1 is 1.42 bits per heavy atom. The third-order valence-corrected chi connectivity index (χ3v) is 3.32. The van der Waals surface area contributed by atoms with E-state index < -0.39 is 4.92 Å². The van der Waals surface area contributed by atoms with Crippen LogP contribution in [0.2, 0.25) is 0 Å². The van der Waals surface area contributed by atoms with Gasteiger partial charge in [0.25, 0.3) is 5.69 Å². The maximum Gasteiger partial charge on any atom is 0.288 e. The molecule has 1 heterocycles. The molecule has 0 fully saturated rings. The molecule has 2 aromatic rings. The zero-order valence-corrected chi connectivity index (χ0v) is 10.3. The van der Waals surface area contributed by atoms with Crippen LogP contribution in [-0.2, 0) is 0 Å². The van der Waals surface area contributed by atoms with Gasteiger partial charge in [-0.2, -0.15) is 5.26 Å². The van der Waals surface area contributed by atoms with Crippen LogP contribution in [0.15, 0.2) is 46.5 Å². The Hall–Kier alpha value is -2.59. The summed E-state index contributed by atoms with van der Waals surface area (Å²) in [6.07, 6.45) is 1.09. The van der Waals surface area contributed by atoms with Crippen LogP contribution in [0.3, 0.4) is 0 Å². The molecule has 0 unspecified atom stereocenters. The Morgan fingerprint density at radius 2 is 2.16 bits per heavy atom. The minimum absolute atomic E-state index is 0.0662. The third kappa shape index (κ3) is 2.81. The zero-order chi connectivity index (χ0) is 13.8. The number of benzene rings is 1. The van der Waals surface area contributed by atoms with E-state index in [0.29, 0.717) is 9.92 Å². The van der Waals surface area contributed by atoms with E-state index in [4.69, 9.17) is 5.26 Å². The van der Waals surface area contributed by atoms with Crippen molar-refractivity contribution in [3.8, 4) is 11.8 Å². The molecule has 0 radical (unpaired) electrons. The van der Waals surface area contributed by atoms with Crippen molar-refractivity contribution in [1.29, 1.82) is 5.26 Å². The number of para-hydroxylation sites is 1. The van der Waals surface area contributed by atoms with Crippen molar-refractivity contribution in [2.45, 2.75) is 9.92 Å². The summed E-state index contributed by atoms with van der Waals surface area (Å²) in [5.74, 6) is 0.0662. The fraction of sp³-hybridized carbons (Fsp3) is 0. The van der Waals surface area contributed by atoms with Crippen LogP contribution >= 0.6 is 11.8 Å². The molecule has 0 spiro atoms. The van der Waals surface area contributed by atoms with E-state index in [1.54, 1.807) is 18.2 Å². The van der Waals surface area contributed by atoms with Crippen LogP contribution in [0.5, 0.6) is 5.75 Å². The highest BCUT2D eigenvalue weighted by atomic mass is 32.2. The van der Waals surface area contributed by atoms with E-state index in [1.165, 1.54) is 6.07 Å². The van der Waals surface area contributed by atoms with E-state index in [9.17, 15) is 15.2 Å². The van der Waals surface area contributed by atoms with Gasteiger partial charge < -0.3 is 5.11 Å². The number of nitrogens with zero attached hydrogens (tertiary/aromatic N) is 3. The molecule has 1 aromatic heterocycles. The maximum atomic E-state index is 10.6. The van der Waals surface area contributed by atoms with Crippen molar-refractivity contribution >= 4 is 17.4 Å². The monoisotopic (exact) mass is 273 g/mol. The highest BCUT2D eigenvalue weighted by molar-refractivity contribution is 7.99. The SMILES string of the molecule is N#Cc1cc([N+](=O)[O-])cnc1Sc1ccccc1O. The first-order chi connectivity index (χ1) is 9.11. The average molecular weight is 273 g/mol. The highest BCUT2D eigenvalue weighted by Gasteiger charge is 2.14.